The van der Waals surface area contributed by atoms with Crippen LogP contribution in [0.4, 0.5) is 8.78 Å². The Morgan fingerprint density at radius 1 is 1.19 bits per heavy atom. The van der Waals surface area contributed by atoms with Crippen LogP contribution in [-0.2, 0) is 5.54 Å². The molecule has 1 saturated carbocycles. The van der Waals surface area contributed by atoms with Gasteiger partial charge >= 0.3 is 0 Å². The van der Waals surface area contributed by atoms with Crippen molar-refractivity contribution in [3.63, 3.8) is 0 Å². The van der Waals surface area contributed by atoms with Gasteiger partial charge in [0.15, 0.2) is 17.3 Å². The monoisotopic (exact) mass is 229 g/mol. The summed E-state index contributed by atoms with van der Waals surface area (Å²) in [6.45, 7) is 0. The molecule has 2 rings (SSSR count). The highest BCUT2D eigenvalue weighted by molar-refractivity contribution is 5.46. The Morgan fingerprint density at radius 2 is 1.81 bits per heavy atom. The number of ether oxygens (including phenoxy) is 2. The van der Waals surface area contributed by atoms with Crippen LogP contribution >= 0.6 is 0 Å². The molecule has 88 valence electrons. The van der Waals surface area contributed by atoms with E-state index in [9.17, 15) is 8.78 Å². The number of methoxy groups -OCH3 is 2. The van der Waals surface area contributed by atoms with E-state index in [0.717, 1.165) is 0 Å². The molecule has 1 aromatic carbocycles. The minimum atomic E-state index is -0.837. The van der Waals surface area contributed by atoms with E-state index < -0.39 is 22.9 Å². The van der Waals surface area contributed by atoms with Crippen molar-refractivity contribution < 1.29 is 18.3 Å². The quantitative estimate of drug-likeness (QED) is 0.861. The minimum absolute atomic E-state index is 0.0509. The van der Waals surface area contributed by atoms with Crippen molar-refractivity contribution in [2.75, 3.05) is 14.2 Å². The standard InChI is InChI=1S/C11H13F2NO2/c1-15-7-5-6(11(14)3-4-11)8(12)10(16-2)9(7)13/h5H,3-4,14H2,1-2H3. The molecule has 0 heterocycles. The Morgan fingerprint density at radius 3 is 2.25 bits per heavy atom. The summed E-state index contributed by atoms with van der Waals surface area (Å²) in [6.07, 6.45) is 1.36. The summed E-state index contributed by atoms with van der Waals surface area (Å²) in [5.74, 6) is -2.06. The van der Waals surface area contributed by atoms with Crippen molar-refractivity contribution in [3.05, 3.63) is 23.3 Å². The molecule has 2 N–H and O–H groups in total. The first kappa shape index (κ1) is 11.1. The average Bonchev–Trinajstić information content (AvgIpc) is 2.98. The Kier molecular flexibility index (Phi) is 2.50. The molecule has 0 saturated heterocycles. The lowest BCUT2D eigenvalue weighted by molar-refractivity contribution is 0.329. The lowest BCUT2D eigenvalue weighted by atomic mass is 10.0. The first-order chi connectivity index (χ1) is 7.53. The maximum Gasteiger partial charge on any atom is 0.209 e. The summed E-state index contributed by atoms with van der Waals surface area (Å²) in [4.78, 5) is 0. The van der Waals surface area contributed by atoms with Crippen LogP contribution in [0.2, 0.25) is 0 Å². The molecule has 0 unspecified atom stereocenters. The normalized spacial score (nSPS) is 17.1. The molecule has 16 heavy (non-hydrogen) atoms. The average molecular weight is 229 g/mol. The highest BCUT2D eigenvalue weighted by Crippen LogP contribution is 2.47. The Labute approximate surface area is 92.1 Å². The number of rotatable bonds is 3. The van der Waals surface area contributed by atoms with Crippen LogP contribution in [0.3, 0.4) is 0 Å². The smallest absolute Gasteiger partial charge is 0.209 e. The van der Waals surface area contributed by atoms with Crippen LogP contribution in [-0.4, -0.2) is 14.2 Å². The molecule has 0 radical (unpaired) electrons. The zero-order chi connectivity index (χ0) is 11.9. The van der Waals surface area contributed by atoms with E-state index in [1.54, 1.807) is 0 Å². The predicted molar refractivity (Wildman–Crippen MR) is 54.6 cm³/mol. The summed E-state index contributed by atoms with van der Waals surface area (Å²) >= 11 is 0. The third kappa shape index (κ3) is 1.51. The lowest BCUT2D eigenvalue weighted by Crippen LogP contribution is -2.21. The highest BCUT2D eigenvalue weighted by atomic mass is 19.1. The van der Waals surface area contributed by atoms with Gasteiger partial charge in [0.2, 0.25) is 5.82 Å². The zero-order valence-corrected chi connectivity index (χ0v) is 9.14. The summed E-state index contributed by atoms with van der Waals surface area (Å²) < 4.78 is 37.0. The van der Waals surface area contributed by atoms with Gasteiger partial charge in [-0.1, -0.05) is 0 Å². The molecule has 0 amide bonds. The summed E-state index contributed by atoms with van der Waals surface area (Å²) in [7, 11) is 2.52. The van der Waals surface area contributed by atoms with Gasteiger partial charge in [0, 0.05) is 11.1 Å². The van der Waals surface area contributed by atoms with Crippen LogP contribution in [0.1, 0.15) is 18.4 Å². The van der Waals surface area contributed by atoms with E-state index in [1.807, 2.05) is 0 Å². The molecule has 1 aromatic rings. The number of benzene rings is 1. The molecule has 1 aliphatic carbocycles. The highest BCUT2D eigenvalue weighted by Gasteiger charge is 2.44. The second-order valence-electron chi connectivity index (χ2n) is 3.94. The molecular weight excluding hydrogens is 216 g/mol. The van der Waals surface area contributed by atoms with Gasteiger partial charge in [0.05, 0.1) is 14.2 Å². The molecule has 0 aromatic heterocycles. The fraction of sp³-hybridized carbons (Fsp3) is 0.455. The van der Waals surface area contributed by atoms with E-state index in [2.05, 4.69) is 0 Å². The fourth-order valence-electron chi connectivity index (χ4n) is 1.68. The topological polar surface area (TPSA) is 44.5 Å². The third-order valence-electron chi connectivity index (χ3n) is 2.88. The van der Waals surface area contributed by atoms with Gasteiger partial charge in [-0.05, 0) is 18.9 Å². The predicted octanol–water partition coefficient (Wildman–Crippen LogP) is 1.93. The molecule has 0 atom stereocenters. The largest absolute Gasteiger partial charge is 0.494 e. The van der Waals surface area contributed by atoms with Gasteiger partial charge in [-0.25, -0.2) is 4.39 Å². The SMILES string of the molecule is COc1cc(C2(N)CC2)c(F)c(OC)c1F. The van der Waals surface area contributed by atoms with Crippen molar-refractivity contribution in [1.29, 1.82) is 0 Å². The second kappa shape index (κ2) is 3.59. The van der Waals surface area contributed by atoms with E-state index >= 15 is 0 Å². The number of hydrogen-bond donors (Lipinski definition) is 1. The van der Waals surface area contributed by atoms with Gasteiger partial charge in [0.1, 0.15) is 0 Å². The summed E-state index contributed by atoms with van der Waals surface area (Å²) in [5, 5.41) is 0. The van der Waals surface area contributed by atoms with Gasteiger partial charge in [-0.2, -0.15) is 4.39 Å². The van der Waals surface area contributed by atoms with E-state index in [4.69, 9.17) is 15.2 Å². The first-order valence-corrected chi connectivity index (χ1v) is 4.93. The van der Waals surface area contributed by atoms with Gasteiger partial charge < -0.3 is 15.2 Å². The molecule has 1 aliphatic rings. The Hall–Kier alpha value is -1.36. The van der Waals surface area contributed by atoms with Crippen LogP contribution in [0.5, 0.6) is 11.5 Å². The Bertz CT molecular complexity index is 430. The van der Waals surface area contributed by atoms with Crippen LogP contribution in [0, 0.1) is 11.6 Å². The molecule has 5 heteroatoms. The molecule has 0 aliphatic heterocycles. The molecule has 3 nitrogen and oxygen atoms in total. The number of halogens is 2. The molecule has 1 fully saturated rings. The first-order valence-electron chi connectivity index (χ1n) is 4.93. The van der Waals surface area contributed by atoms with E-state index in [-0.39, 0.29) is 11.3 Å². The molecule has 0 spiro atoms. The maximum absolute atomic E-state index is 13.9. The van der Waals surface area contributed by atoms with Crippen LogP contribution in [0.25, 0.3) is 0 Å². The van der Waals surface area contributed by atoms with Crippen molar-refractivity contribution in [2.24, 2.45) is 5.73 Å². The van der Waals surface area contributed by atoms with E-state index in [0.29, 0.717) is 12.8 Å². The van der Waals surface area contributed by atoms with Gasteiger partial charge in [0.25, 0.3) is 0 Å². The third-order valence-corrected chi connectivity index (χ3v) is 2.88. The van der Waals surface area contributed by atoms with E-state index in [1.165, 1.54) is 20.3 Å². The minimum Gasteiger partial charge on any atom is -0.494 e. The lowest BCUT2D eigenvalue weighted by Gasteiger charge is -2.15. The summed E-state index contributed by atoms with van der Waals surface area (Å²) in [5.41, 5.74) is 5.45. The summed E-state index contributed by atoms with van der Waals surface area (Å²) in [6, 6.07) is 1.31. The van der Waals surface area contributed by atoms with Gasteiger partial charge in [-0.15, -0.1) is 0 Å². The van der Waals surface area contributed by atoms with Crippen LogP contribution < -0.4 is 15.2 Å². The fourth-order valence-corrected chi connectivity index (χ4v) is 1.68. The van der Waals surface area contributed by atoms with Crippen molar-refractivity contribution in [3.8, 4) is 11.5 Å². The Balaban J connectivity index is 2.62. The molecular formula is C11H13F2NO2. The van der Waals surface area contributed by atoms with Gasteiger partial charge in [-0.3, -0.25) is 0 Å². The maximum atomic E-state index is 13.9. The van der Waals surface area contributed by atoms with Crippen LogP contribution in [0.15, 0.2) is 6.07 Å². The second-order valence-corrected chi connectivity index (χ2v) is 3.94. The van der Waals surface area contributed by atoms with Crippen molar-refractivity contribution >= 4 is 0 Å². The van der Waals surface area contributed by atoms with Crippen molar-refractivity contribution in [1.82, 2.24) is 0 Å². The zero-order valence-electron chi connectivity index (χ0n) is 9.14. The molecule has 0 bridgehead atoms. The number of hydrogen-bond acceptors (Lipinski definition) is 3. The number of nitrogens with two attached hydrogens (primary N) is 1. The van der Waals surface area contributed by atoms with Crippen molar-refractivity contribution in [2.45, 2.75) is 18.4 Å².